The molecule has 0 radical (unpaired) electrons. The molecule has 0 atom stereocenters. The second-order valence-electron chi connectivity index (χ2n) is 12.3. The number of benzene rings is 5. The molecule has 0 spiro atoms. The van der Waals surface area contributed by atoms with Crippen molar-refractivity contribution >= 4 is 59.6 Å². The molecule has 0 aliphatic heterocycles. The maximum atomic E-state index is 11.2. The molecule has 0 fully saturated rings. The fraction of sp³-hybridized carbons (Fsp3) is 0.0870. The van der Waals surface area contributed by atoms with E-state index in [1.165, 1.54) is 0 Å². The summed E-state index contributed by atoms with van der Waals surface area (Å²) in [6.45, 7) is -2.45. The summed E-state index contributed by atoms with van der Waals surface area (Å²) in [5, 5.41) is 44.8. The zero-order valence-corrected chi connectivity index (χ0v) is 29.8. The second-order valence-corrected chi connectivity index (χ2v) is 12.3. The van der Waals surface area contributed by atoms with E-state index in [0.29, 0.717) is 22.5 Å². The van der Waals surface area contributed by atoms with Crippen LogP contribution in [0.2, 0.25) is 0 Å². The van der Waals surface area contributed by atoms with Crippen molar-refractivity contribution in [3.05, 3.63) is 166 Å². The molecule has 0 heterocycles. The van der Waals surface area contributed by atoms with Crippen molar-refractivity contribution in [3.63, 3.8) is 0 Å². The van der Waals surface area contributed by atoms with Gasteiger partial charge >= 0.3 is 0 Å². The summed E-state index contributed by atoms with van der Waals surface area (Å²) in [5.74, 6) is 7.34. The lowest BCUT2D eigenvalue weighted by molar-refractivity contribution is -0.307. The van der Waals surface area contributed by atoms with Crippen LogP contribution in [0.5, 0.6) is 0 Å². The molecule has 0 unspecified atom stereocenters. The van der Waals surface area contributed by atoms with Gasteiger partial charge in [-0.15, -0.1) is 0 Å². The molecule has 0 saturated heterocycles. The minimum Gasteiger partial charge on any atom is -0.548 e. The molecule has 278 valence electrons. The van der Waals surface area contributed by atoms with E-state index >= 15 is 0 Å². The Morgan fingerprint density at radius 3 is 1.05 bits per heavy atom. The van der Waals surface area contributed by atoms with Crippen LogP contribution in [0, 0.1) is 23.7 Å². The van der Waals surface area contributed by atoms with Gasteiger partial charge in [0.1, 0.15) is 0 Å². The van der Waals surface area contributed by atoms with Crippen molar-refractivity contribution in [3.8, 4) is 23.7 Å². The highest BCUT2D eigenvalue weighted by molar-refractivity contribution is 5.82. The highest BCUT2D eigenvalue weighted by Crippen LogP contribution is 2.24. The maximum absolute atomic E-state index is 11.2. The van der Waals surface area contributed by atoms with Gasteiger partial charge in [-0.1, -0.05) is 109 Å². The minimum absolute atomic E-state index is 0.377. The number of carboxylic acids is 4. The molecule has 5 rings (SSSR count). The molecule has 0 aromatic heterocycles. The van der Waals surface area contributed by atoms with E-state index in [4.69, 9.17) is 0 Å². The third-order valence-electron chi connectivity index (χ3n) is 8.16. The van der Waals surface area contributed by atoms with Crippen LogP contribution in [0.3, 0.4) is 0 Å². The molecule has 0 N–H and O–H groups in total. The van der Waals surface area contributed by atoms with E-state index in [1.54, 1.807) is 48.5 Å². The number of hydrogen-bond acceptors (Lipinski definition) is 10. The number of aliphatic carboxylic acids is 4. The zero-order valence-electron chi connectivity index (χ0n) is 29.8. The van der Waals surface area contributed by atoms with Crippen LogP contribution in [-0.4, -0.2) is 50.1 Å². The van der Waals surface area contributed by atoms with Gasteiger partial charge in [0.15, 0.2) is 0 Å². The standard InChI is InChI=1S/C46H36N2O8/c49-43(50)29-47(30-44(51)52)41-23-15-35(16-24-41)13-21-39-28-38(20-12-34-9-5-2-6-10-34)40(27-37(39)19-11-33-7-3-1-4-8-33)22-14-36-17-25-42(26-18-36)48(31-45(53)54)32-46(55)56/h1-10,13-18,21-28H,29-32H2,(H,49,50)(H,51,52)(H,53,54)(H,55,56)/p-4/b21-13+,22-14+. The third kappa shape index (κ3) is 12.1. The first kappa shape index (κ1) is 39.4. The summed E-state index contributed by atoms with van der Waals surface area (Å²) in [5.41, 5.74) is 6.77. The Balaban J connectivity index is 1.55. The smallest absolute Gasteiger partial charge is 0.0608 e. The lowest BCUT2D eigenvalue weighted by Crippen LogP contribution is -2.44. The van der Waals surface area contributed by atoms with Crippen LogP contribution in [0.1, 0.15) is 44.5 Å². The molecular formula is C46H32N2O8-4. The molecular weight excluding hydrogens is 709 g/mol. The predicted octanol–water partition coefficient (Wildman–Crippen LogP) is 1.44. The van der Waals surface area contributed by atoms with Gasteiger partial charge in [-0.25, -0.2) is 0 Å². The van der Waals surface area contributed by atoms with Gasteiger partial charge < -0.3 is 49.4 Å². The van der Waals surface area contributed by atoms with Gasteiger partial charge in [0.2, 0.25) is 0 Å². The van der Waals surface area contributed by atoms with E-state index in [2.05, 4.69) is 23.7 Å². The quantitative estimate of drug-likeness (QED) is 0.120. The van der Waals surface area contributed by atoms with Crippen LogP contribution >= 0.6 is 0 Å². The Morgan fingerprint density at radius 1 is 0.429 bits per heavy atom. The Morgan fingerprint density at radius 2 is 0.750 bits per heavy atom. The van der Waals surface area contributed by atoms with Gasteiger partial charge in [-0.05, 0) is 82.9 Å². The number of rotatable bonds is 14. The number of hydrogen-bond donors (Lipinski definition) is 0. The summed E-state index contributed by atoms with van der Waals surface area (Å²) in [6.07, 6.45) is 7.47. The van der Waals surface area contributed by atoms with E-state index in [-0.39, 0.29) is 0 Å². The molecule has 5 aromatic carbocycles. The SMILES string of the molecule is O=C([O-])CN(CC(=O)[O-])c1ccc(/C=C/c2cc(C#Cc3ccccc3)c(/C=C/c3ccc(N(CC(=O)[O-])CC(=O)[O-])cc3)cc2C#Cc2ccccc2)cc1. The largest absolute Gasteiger partial charge is 0.548 e. The average Bonchev–Trinajstić information content (AvgIpc) is 3.18. The molecule has 10 nitrogen and oxygen atoms in total. The van der Waals surface area contributed by atoms with Crippen molar-refractivity contribution in [1.29, 1.82) is 0 Å². The molecule has 5 aromatic rings. The fourth-order valence-electron chi connectivity index (χ4n) is 5.51. The Kier molecular flexibility index (Phi) is 13.6. The van der Waals surface area contributed by atoms with Gasteiger partial charge in [-0.2, -0.15) is 0 Å². The van der Waals surface area contributed by atoms with Crippen LogP contribution in [0.25, 0.3) is 24.3 Å². The first-order chi connectivity index (χ1) is 27.0. The van der Waals surface area contributed by atoms with E-state index in [0.717, 1.165) is 43.2 Å². The van der Waals surface area contributed by atoms with Crippen molar-refractivity contribution in [2.75, 3.05) is 36.0 Å². The Bertz CT molecular complexity index is 2180. The molecule has 0 amide bonds. The highest BCUT2D eigenvalue weighted by Gasteiger charge is 2.10. The normalized spacial score (nSPS) is 10.6. The summed E-state index contributed by atoms with van der Waals surface area (Å²) in [7, 11) is 0. The van der Waals surface area contributed by atoms with Crippen LogP contribution in [0.4, 0.5) is 11.4 Å². The fourth-order valence-corrected chi connectivity index (χ4v) is 5.51. The molecule has 56 heavy (non-hydrogen) atoms. The first-order valence-electron chi connectivity index (χ1n) is 17.2. The van der Waals surface area contributed by atoms with Gasteiger partial charge in [0.05, 0.1) is 50.1 Å². The maximum Gasteiger partial charge on any atom is 0.0608 e. The second kappa shape index (κ2) is 19.3. The van der Waals surface area contributed by atoms with Crippen molar-refractivity contribution < 1.29 is 39.6 Å². The number of carbonyl (C=O) groups excluding carboxylic acids is 4. The van der Waals surface area contributed by atoms with Crippen molar-refractivity contribution in [2.24, 2.45) is 0 Å². The lowest BCUT2D eigenvalue weighted by atomic mass is 9.96. The Labute approximate surface area is 323 Å². The van der Waals surface area contributed by atoms with Crippen LogP contribution in [0.15, 0.2) is 121 Å². The number of nitrogens with zero attached hydrogens (tertiary/aromatic N) is 2. The number of carbonyl (C=O) groups is 4. The van der Waals surface area contributed by atoms with Crippen molar-refractivity contribution in [2.45, 2.75) is 0 Å². The Hall–Kier alpha value is -7.82. The molecule has 10 heteroatoms. The lowest BCUT2D eigenvalue weighted by Gasteiger charge is -2.25. The molecule has 0 bridgehead atoms. The predicted molar refractivity (Wildman–Crippen MR) is 206 cm³/mol. The minimum atomic E-state index is -1.42. The van der Waals surface area contributed by atoms with Crippen molar-refractivity contribution in [1.82, 2.24) is 0 Å². The first-order valence-corrected chi connectivity index (χ1v) is 17.2. The molecule has 0 aliphatic carbocycles. The summed E-state index contributed by atoms with van der Waals surface area (Å²) in [4.78, 5) is 47.1. The van der Waals surface area contributed by atoms with E-state index < -0.39 is 50.1 Å². The molecule has 0 aliphatic rings. The highest BCUT2D eigenvalue weighted by atomic mass is 16.4. The van der Waals surface area contributed by atoms with Gasteiger partial charge in [0.25, 0.3) is 0 Å². The van der Waals surface area contributed by atoms with Gasteiger partial charge in [0, 0.05) is 33.6 Å². The summed E-state index contributed by atoms with van der Waals surface area (Å²) in [6, 6.07) is 36.2. The van der Waals surface area contributed by atoms with Crippen LogP contribution < -0.4 is 30.2 Å². The van der Waals surface area contributed by atoms with Crippen LogP contribution in [-0.2, 0) is 19.2 Å². The summed E-state index contributed by atoms with van der Waals surface area (Å²) < 4.78 is 0. The monoisotopic (exact) mass is 740 g/mol. The number of carboxylic acid groups (broad SMARTS) is 4. The van der Waals surface area contributed by atoms with E-state index in [9.17, 15) is 39.6 Å². The summed E-state index contributed by atoms with van der Waals surface area (Å²) >= 11 is 0. The zero-order chi connectivity index (χ0) is 39.9. The average molecular weight is 741 g/mol. The topological polar surface area (TPSA) is 167 Å². The van der Waals surface area contributed by atoms with Gasteiger partial charge in [-0.3, -0.25) is 0 Å². The third-order valence-corrected chi connectivity index (χ3v) is 8.16. The molecule has 0 saturated carbocycles. The van der Waals surface area contributed by atoms with E-state index in [1.807, 2.05) is 97.1 Å². The number of anilines is 2.